The van der Waals surface area contributed by atoms with Gasteiger partial charge in [-0.2, -0.15) is 0 Å². The molecule has 0 radical (unpaired) electrons. The first-order chi connectivity index (χ1) is 7.47. The third kappa shape index (κ3) is 3.05. The summed E-state index contributed by atoms with van der Waals surface area (Å²) in [6.45, 7) is 1.62. The van der Waals surface area contributed by atoms with Gasteiger partial charge in [-0.05, 0) is 19.1 Å². The zero-order valence-corrected chi connectivity index (χ0v) is 9.59. The van der Waals surface area contributed by atoms with Gasteiger partial charge in [0.25, 0.3) is 0 Å². The van der Waals surface area contributed by atoms with Gasteiger partial charge < -0.3 is 0 Å². The Morgan fingerprint density at radius 1 is 1.50 bits per heavy atom. The van der Waals surface area contributed by atoms with Gasteiger partial charge in [-0.25, -0.2) is 17.5 Å². The number of rotatable bonds is 4. The van der Waals surface area contributed by atoms with Crippen molar-refractivity contribution in [1.82, 2.24) is 4.72 Å². The first-order valence-corrected chi connectivity index (χ1v) is 6.16. The molecule has 0 amide bonds. The van der Waals surface area contributed by atoms with Gasteiger partial charge >= 0.3 is 0 Å². The molecule has 0 bridgehead atoms. The van der Waals surface area contributed by atoms with E-state index < -0.39 is 21.9 Å². The van der Waals surface area contributed by atoms with Gasteiger partial charge in [0.1, 0.15) is 10.7 Å². The average Bonchev–Trinajstić information content (AvgIpc) is 2.17. The second kappa shape index (κ2) is 5.10. The Kier molecular flexibility index (Phi) is 4.05. The monoisotopic (exact) mass is 241 g/mol. The lowest BCUT2D eigenvalue weighted by atomic mass is 10.3. The molecule has 0 saturated carbocycles. The molecule has 1 atom stereocenters. The molecular weight excluding hydrogens is 229 g/mol. The summed E-state index contributed by atoms with van der Waals surface area (Å²) >= 11 is 0. The van der Waals surface area contributed by atoms with Gasteiger partial charge in [0.05, 0.1) is 0 Å². The standard InChI is InChI=1S/C11H12FNO2S/c1-3-6-9(2)13-16(14,15)11-8-5-4-7-10(11)12/h1,4-5,7-9,13H,6H2,2H3. The molecule has 1 unspecified atom stereocenters. The summed E-state index contributed by atoms with van der Waals surface area (Å²) in [7, 11) is -3.83. The third-order valence-electron chi connectivity index (χ3n) is 1.91. The van der Waals surface area contributed by atoms with E-state index in [1.54, 1.807) is 6.92 Å². The van der Waals surface area contributed by atoms with Crippen LogP contribution in [0, 0.1) is 18.2 Å². The van der Waals surface area contributed by atoms with Gasteiger partial charge in [-0.15, -0.1) is 12.3 Å². The second-order valence-corrected chi connectivity index (χ2v) is 5.04. The molecule has 0 spiro atoms. The Morgan fingerprint density at radius 3 is 2.69 bits per heavy atom. The van der Waals surface area contributed by atoms with Gasteiger partial charge in [0.2, 0.25) is 10.0 Å². The maximum absolute atomic E-state index is 13.3. The lowest BCUT2D eigenvalue weighted by Gasteiger charge is -2.11. The van der Waals surface area contributed by atoms with Crippen molar-refractivity contribution < 1.29 is 12.8 Å². The molecule has 3 nitrogen and oxygen atoms in total. The Bertz CT molecular complexity index is 505. The van der Waals surface area contributed by atoms with E-state index in [1.165, 1.54) is 18.2 Å². The third-order valence-corrected chi connectivity index (χ3v) is 3.53. The summed E-state index contributed by atoms with van der Waals surface area (Å²) < 4.78 is 39.0. The predicted octanol–water partition coefficient (Wildman–Crippen LogP) is 1.52. The summed E-state index contributed by atoms with van der Waals surface area (Å²) in [5, 5.41) is 0. The van der Waals surface area contributed by atoms with Gasteiger partial charge in [0.15, 0.2) is 0 Å². The number of halogens is 1. The molecule has 16 heavy (non-hydrogen) atoms. The van der Waals surface area contributed by atoms with Crippen LogP contribution >= 0.6 is 0 Å². The van der Waals surface area contributed by atoms with Crippen LogP contribution in [0.5, 0.6) is 0 Å². The highest BCUT2D eigenvalue weighted by Crippen LogP contribution is 2.13. The first-order valence-electron chi connectivity index (χ1n) is 4.67. The lowest BCUT2D eigenvalue weighted by molar-refractivity contribution is 0.545. The molecule has 0 saturated heterocycles. The van der Waals surface area contributed by atoms with E-state index in [-0.39, 0.29) is 11.3 Å². The van der Waals surface area contributed by atoms with Crippen LogP contribution < -0.4 is 4.72 Å². The Morgan fingerprint density at radius 2 is 2.12 bits per heavy atom. The molecule has 0 heterocycles. The number of nitrogens with one attached hydrogen (secondary N) is 1. The van der Waals surface area contributed by atoms with E-state index in [4.69, 9.17) is 6.42 Å². The van der Waals surface area contributed by atoms with Crippen molar-refractivity contribution in [2.75, 3.05) is 0 Å². The molecule has 0 aliphatic heterocycles. The smallest absolute Gasteiger partial charge is 0.207 e. The second-order valence-electron chi connectivity index (χ2n) is 3.36. The first kappa shape index (κ1) is 12.7. The van der Waals surface area contributed by atoms with Gasteiger partial charge in [0, 0.05) is 12.5 Å². The average molecular weight is 241 g/mol. The van der Waals surface area contributed by atoms with E-state index in [2.05, 4.69) is 10.6 Å². The lowest BCUT2D eigenvalue weighted by Crippen LogP contribution is -2.32. The number of hydrogen-bond acceptors (Lipinski definition) is 2. The Labute approximate surface area is 94.7 Å². The molecule has 1 aromatic rings. The molecule has 86 valence electrons. The number of sulfonamides is 1. The van der Waals surface area contributed by atoms with Crippen LogP contribution in [0.25, 0.3) is 0 Å². The van der Waals surface area contributed by atoms with Crippen LogP contribution in [-0.4, -0.2) is 14.5 Å². The molecule has 1 rings (SSSR count). The largest absolute Gasteiger partial charge is 0.243 e. The Balaban J connectivity index is 2.96. The summed E-state index contributed by atoms with van der Waals surface area (Å²) in [4.78, 5) is -0.362. The van der Waals surface area contributed by atoms with E-state index in [0.29, 0.717) is 0 Å². The van der Waals surface area contributed by atoms with Crippen molar-refractivity contribution in [2.45, 2.75) is 24.3 Å². The van der Waals surface area contributed by atoms with Crippen LogP contribution in [0.1, 0.15) is 13.3 Å². The molecular formula is C11H12FNO2S. The van der Waals surface area contributed by atoms with Crippen LogP contribution in [0.4, 0.5) is 4.39 Å². The van der Waals surface area contributed by atoms with E-state index in [1.807, 2.05) is 0 Å². The maximum atomic E-state index is 13.3. The number of terminal acetylenes is 1. The summed E-state index contributed by atoms with van der Waals surface area (Å²) in [6, 6.07) is 4.78. The van der Waals surface area contributed by atoms with Crippen LogP contribution in [0.3, 0.4) is 0 Å². The fourth-order valence-corrected chi connectivity index (χ4v) is 2.53. The van der Waals surface area contributed by atoms with Crippen LogP contribution in [0.15, 0.2) is 29.2 Å². The minimum atomic E-state index is -3.83. The van der Waals surface area contributed by atoms with Gasteiger partial charge in [-0.3, -0.25) is 0 Å². The highest BCUT2D eigenvalue weighted by molar-refractivity contribution is 7.89. The zero-order chi connectivity index (χ0) is 12.2. The number of benzene rings is 1. The van der Waals surface area contributed by atoms with E-state index in [0.717, 1.165) is 6.07 Å². The molecule has 0 aliphatic carbocycles. The summed E-state index contributed by atoms with van der Waals surface area (Å²) in [6.07, 6.45) is 5.32. The van der Waals surface area contributed by atoms with Crippen molar-refractivity contribution >= 4 is 10.0 Å². The van der Waals surface area contributed by atoms with E-state index >= 15 is 0 Å². The SMILES string of the molecule is C#CCC(C)NS(=O)(=O)c1ccccc1F. The quantitative estimate of drug-likeness (QED) is 0.812. The summed E-state index contributed by atoms with van der Waals surface area (Å²) in [5.74, 6) is 1.56. The van der Waals surface area contributed by atoms with Crippen molar-refractivity contribution in [1.29, 1.82) is 0 Å². The van der Waals surface area contributed by atoms with Crippen molar-refractivity contribution in [3.05, 3.63) is 30.1 Å². The van der Waals surface area contributed by atoms with Crippen LogP contribution in [0.2, 0.25) is 0 Å². The fraction of sp³-hybridized carbons (Fsp3) is 0.273. The van der Waals surface area contributed by atoms with E-state index in [9.17, 15) is 12.8 Å². The Hall–Kier alpha value is -1.38. The highest BCUT2D eigenvalue weighted by atomic mass is 32.2. The molecule has 0 fully saturated rings. The minimum Gasteiger partial charge on any atom is -0.207 e. The van der Waals surface area contributed by atoms with Crippen molar-refractivity contribution in [3.8, 4) is 12.3 Å². The topological polar surface area (TPSA) is 46.2 Å². The zero-order valence-electron chi connectivity index (χ0n) is 8.77. The predicted molar refractivity (Wildman–Crippen MR) is 59.6 cm³/mol. The van der Waals surface area contributed by atoms with Crippen molar-refractivity contribution in [3.63, 3.8) is 0 Å². The maximum Gasteiger partial charge on any atom is 0.243 e. The molecule has 1 aromatic carbocycles. The van der Waals surface area contributed by atoms with Gasteiger partial charge in [-0.1, -0.05) is 12.1 Å². The fourth-order valence-electron chi connectivity index (χ4n) is 1.21. The van der Waals surface area contributed by atoms with Crippen molar-refractivity contribution in [2.24, 2.45) is 0 Å². The molecule has 5 heteroatoms. The normalized spacial score (nSPS) is 13.1. The molecule has 1 N–H and O–H groups in total. The number of hydrogen-bond donors (Lipinski definition) is 1. The van der Waals surface area contributed by atoms with Crippen LogP contribution in [-0.2, 0) is 10.0 Å². The molecule has 0 aromatic heterocycles. The minimum absolute atomic E-state index is 0.258. The summed E-state index contributed by atoms with van der Waals surface area (Å²) in [5.41, 5.74) is 0. The molecule has 0 aliphatic rings. The highest BCUT2D eigenvalue weighted by Gasteiger charge is 2.20.